The highest BCUT2D eigenvalue weighted by Crippen LogP contribution is 2.57. The lowest BCUT2D eigenvalue weighted by atomic mass is 9.90. The standard InChI is InChI=1S/C48H62N6O9S/c1-30(2)54-38-23-17-22-36(43-49-37(31(3)61-43)24-32-18-13-12-14-19-32)42(38)50-46(54)62-35-26-39-40(55)28-48(45(58)51-64(59,60)52(7)8)27-34(48)21-16-11-9-10-15-20-33(44(57)53(39)29-35)25-41(56)63-47(4,5)6/h12-14,16-19,21-23,30,33-35,39H,9-11,15,20,24-29H2,1-8H3,(H,51,58)/b21-16-/t33-,34+,35-,39+,48-/m1/s1. The summed E-state index contributed by atoms with van der Waals surface area (Å²) in [5.74, 6) is -2.00. The third-order valence-corrected chi connectivity index (χ3v) is 13.9. The Bertz CT molecular complexity index is 2520. The molecule has 5 atom stereocenters. The number of aryl methyl sites for hydroxylation is 1. The van der Waals surface area contributed by atoms with E-state index in [9.17, 15) is 27.6 Å². The van der Waals surface area contributed by atoms with Gasteiger partial charge in [0, 0.05) is 45.3 Å². The Morgan fingerprint density at radius 2 is 1.78 bits per heavy atom. The molecule has 4 aromatic rings. The zero-order valence-corrected chi connectivity index (χ0v) is 39.1. The highest BCUT2D eigenvalue weighted by atomic mass is 32.2. The van der Waals surface area contributed by atoms with Gasteiger partial charge in [-0.2, -0.15) is 17.7 Å². The molecule has 344 valence electrons. The maximum atomic E-state index is 14.8. The molecule has 1 saturated heterocycles. The van der Waals surface area contributed by atoms with E-state index in [1.807, 2.05) is 86.0 Å². The topological polar surface area (TPSA) is 183 Å². The lowest BCUT2D eigenvalue weighted by Crippen LogP contribution is -2.47. The van der Waals surface area contributed by atoms with Crippen LogP contribution in [-0.4, -0.2) is 94.1 Å². The van der Waals surface area contributed by atoms with Gasteiger partial charge in [-0.3, -0.25) is 23.7 Å². The van der Waals surface area contributed by atoms with Crippen LogP contribution in [0.3, 0.4) is 0 Å². The molecule has 0 unspecified atom stereocenters. The molecule has 1 saturated carbocycles. The number of ketones is 1. The van der Waals surface area contributed by atoms with Crippen LogP contribution in [0.2, 0.25) is 0 Å². The summed E-state index contributed by atoms with van der Waals surface area (Å²) in [6, 6.07) is 15.0. The molecule has 64 heavy (non-hydrogen) atoms. The first-order valence-electron chi connectivity index (χ1n) is 22.4. The number of carbonyl (C=O) groups is 4. The van der Waals surface area contributed by atoms with E-state index in [1.54, 1.807) is 20.8 Å². The van der Waals surface area contributed by atoms with Gasteiger partial charge in [-0.1, -0.05) is 61.4 Å². The van der Waals surface area contributed by atoms with E-state index in [0.717, 1.165) is 33.9 Å². The minimum Gasteiger partial charge on any atom is -0.460 e. The van der Waals surface area contributed by atoms with Crippen molar-refractivity contribution < 1.29 is 41.5 Å². The largest absolute Gasteiger partial charge is 0.460 e. The van der Waals surface area contributed by atoms with Gasteiger partial charge in [-0.05, 0) is 90.8 Å². The van der Waals surface area contributed by atoms with Gasteiger partial charge in [-0.25, -0.2) is 9.71 Å². The number of hydrogen-bond acceptors (Lipinski definition) is 11. The van der Waals surface area contributed by atoms with Gasteiger partial charge in [-0.15, -0.1) is 0 Å². The molecule has 4 heterocycles. The van der Waals surface area contributed by atoms with Crippen molar-refractivity contribution in [3.05, 3.63) is 77.7 Å². The number of fused-ring (bicyclic) bond motifs is 3. The predicted molar refractivity (Wildman–Crippen MR) is 241 cm³/mol. The van der Waals surface area contributed by atoms with Crippen LogP contribution >= 0.6 is 0 Å². The molecular formula is C48H62N6O9S. The average molecular weight is 899 g/mol. The Labute approximate surface area is 376 Å². The van der Waals surface area contributed by atoms with Crippen molar-refractivity contribution in [2.45, 2.75) is 130 Å². The Kier molecular flexibility index (Phi) is 13.6. The van der Waals surface area contributed by atoms with Crippen LogP contribution in [0.15, 0.2) is 65.1 Å². The number of esters is 1. The molecule has 0 bridgehead atoms. The number of benzene rings is 2. The fraction of sp³-hybridized carbons (Fsp3) is 0.542. The summed E-state index contributed by atoms with van der Waals surface area (Å²) in [6.07, 6.45) is 7.15. The summed E-state index contributed by atoms with van der Waals surface area (Å²) in [4.78, 5) is 68.2. The number of oxazole rings is 1. The van der Waals surface area contributed by atoms with Crippen molar-refractivity contribution in [3.8, 4) is 17.5 Å². The van der Waals surface area contributed by atoms with Gasteiger partial charge in [0.2, 0.25) is 17.7 Å². The number of ether oxygens (including phenoxy) is 2. The van der Waals surface area contributed by atoms with Crippen molar-refractivity contribution >= 4 is 44.8 Å². The second-order valence-corrected chi connectivity index (χ2v) is 21.0. The molecule has 16 heteroatoms. The van der Waals surface area contributed by atoms with Gasteiger partial charge in [0.25, 0.3) is 6.01 Å². The average Bonchev–Trinajstić information content (AvgIpc) is 3.45. The van der Waals surface area contributed by atoms with E-state index in [4.69, 9.17) is 23.9 Å². The highest BCUT2D eigenvalue weighted by Gasteiger charge is 2.61. The molecule has 7 rings (SSSR count). The van der Waals surface area contributed by atoms with Crippen LogP contribution in [-0.2, 0) is 40.5 Å². The maximum absolute atomic E-state index is 14.8. The molecule has 0 spiro atoms. The molecule has 2 amide bonds. The van der Waals surface area contributed by atoms with Gasteiger partial charge in [0.15, 0.2) is 5.78 Å². The van der Waals surface area contributed by atoms with Crippen molar-refractivity contribution in [2.24, 2.45) is 17.3 Å². The highest BCUT2D eigenvalue weighted by molar-refractivity contribution is 7.87. The summed E-state index contributed by atoms with van der Waals surface area (Å²) < 4.78 is 49.5. The lowest BCUT2D eigenvalue weighted by molar-refractivity contribution is -0.159. The van der Waals surface area contributed by atoms with Crippen LogP contribution in [0.25, 0.3) is 22.5 Å². The van der Waals surface area contributed by atoms with E-state index in [-0.39, 0.29) is 55.9 Å². The first-order chi connectivity index (χ1) is 30.3. The Morgan fingerprint density at radius 3 is 2.48 bits per heavy atom. The quantitative estimate of drug-likeness (QED) is 0.118. The normalized spacial score (nSPS) is 23.9. The van der Waals surface area contributed by atoms with E-state index in [0.29, 0.717) is 54.4 Å². The monoisotopic (exact) mass is 898 g/mol. The minimum absolute atomic E-state index is 0.0214. The summed E-state index contributed by atoms with van der Waals surface area (Å²) >= 11 is 0. The van der Waals surface area contributed by atoms with Gasteiger partial charge in [0.1, 0.15) is 23.0 Å². The number of hydrogen-bond donors (Lipinski definition) is 1. The number of nitrogens with one attached hydrogen (secondary N) is 1. The minimum atomic E-state index is -4.15. The zero-order valence-electron chi connectivity index (χ0n) is 38.3. The number of Topliss-reactive ketones (excluding diaryl/α,β-unsaturated/α-hetero) is 1. The SMILES string of the molecule is Cc1oc(-c2cccc3c2nc(O[C@@H]2C[C@H]4C(=O)C[C@]5(C(=O)NS(=O)(=O)N(C)C)C[C@@H]5/C=C\CCCCC[C@H](CC(=O)OC(C)(C)C)C(=O)N4C2)n3C(C)C)nc1Cc1ccccc1. The number of para-hydroxylation sites is 1. The second kappa shape index (κ2) is 18.6. The van der Waals surface area contributed by atoms with Crippen LogP contribution in [0, 0.1) is 24.2 Å². The van der Waals surface area contributed by atoms with E-state index in [2.05, 4.69) is 4.72 Å². The number of aromatic nitrogens is 3. The third-order valence-electron chi connectivity index (χ3n) is 12.5. The number of carbonyl (C=O) groups excluding carboxylic acids is 4. The molecular weight excluding hydrogens is 837 g/mol. The molecule has 2 fully saturated rings. The van der Waals surface area contributed by atoms with Crippen LogP contribution in [0.5, 0.6) is 6.01 Å². The lowest BCUT2D eigenvalue weighted by Gasteiger charge is -2.29. The second-order valence-electron chi connectivity index (χ2n) is 19.1. The van der Waals surface area contributed by atoms with E-state index in [1.165, 1.54) is 19.0 Å². The fourth-order valence-corrected chi connectivity index (χ4v) is 9.64. The Morgan fingerprint density at radius 1 is 1.03 bits per heavy atom. The summed E-state index contributed by atoms with van der Waals surface area (Å²) in [5, 5.41) is 0. The van der Waals surface area contributed by atoms with Crippen LogP contribution in [0.1, 0.15) is 115 Å². The molecule has 1 N–H and O–H groups in total. The Balaban J connectivity index is 1.22. The number of rotatable bonds is 11. The predicted octanol–water partition coefficient (Wildman–Crippen LogP) is 7.28. The van der Waals surface area contributed by atoms with Crippen molar-refractivity contribution in [2.75, 3.05) is 20.6 Å². The first kappa shape index (κ1) is 46.6. The van der Waals surface area contributed by atoms with Gasteiger partial charge in [0.05, 0.1) is 41.2 Å². The molecule has 1 aliphatic carbocycles. The van der Waals surface area contributed by atoms with Crippen molar-refractivity contribution in [1.82, 2.24) is 28.5 Å². The van der Waals surface area contributed by atoms with Crippen LogP contribution in [0.4, 0.5) is 0 Å². The van der Waals surface area contributed by atoms with Crippen molar-refractivity contribution in [1.29, 1.82) is 0 Å². The number of imidazole rings is 1. The molecule has 15 nitrogen and oxygen atoms in total. The third kappa shape index (κ3) is 10.3. The summed E-state index contributed by atoms with van der Waals surface area (Å²) in [5.41, 5.74) is 1.94. The fourth-order valence-electron chi connectivity index (χ4n) is 9.02. The zero-order chi connectivity index (χ0) is 46.1. The molecule has 3 aliphatic rings. The first-order valence-corrected chi connectivity index (χ1v) is 23.8. The molecule has 2 aliphatic heterocycles. The molecule has 2 aromatic heterocycles. The summed E-state index contributed by atoms with van der Waals surface area (Å²) in [6.45, 7) is 11.3. The summed E-state index contributed by atoms with van der Waals surface area (Å²) in [7, 11) is -1.51. The van der Waals surface area contributed by atoms with E-state index < -0.39 is 51.2 Å². The number of allylic oxidation sites excluding steroid dienone is 2. The Hall–Kier alpha value is -5.35. The van der Waals surface area contributed by atoms with Gasteiger partial charge < -0.3 is 18.8 Å². The number of amides is 2. The number of nitrogens with zero attached hydrogens (tertiary/aromatic N) is 5. The van der Waals surface area contributed by atoms with Crippen molar-refractivity contribution in [3.63, 3.8) is 0 Å². The van der Waals surface area contributed by atoms with Gasteiger partial charge >= 0.3 is 16.2 Å². The maximum Gasteiger partial charge on any atom is 0.307 e. The smallest absolute Gasteiger partial charge is 0.307 e. The van der Waals surface area contributed by atoms with E-state index >= 15 is 0 Å². The van der Waals surface area contributed by atoms with Crippen LogP contribution < -0.4 is 9.46 Å². The molecule has 2 aromatic carbocycles. The molecule has 0 radical (unpaired) electrons.